The van der Waals surface area contributed by atoms with Crippen molar-refractivity contribution in [2.45, 2.75) is 13.3 Å². The Labute approximate surface area is 86.4 Å². The molecule has 0 heterocycles. The third-order valence-corrected chi connectivity index (χ3v) is 2.16. The van der Waals surface area contributed by atoms with Crippen LogP contribution in [0.4, 0.5) is 13.2 Å². The van der Waals surface area contributed by atoms with Gasteiger partial charge >= 0.3 is 0 Å². The molecule has 0 aliphatic carbocycles. The molecule has 0 bridgehead atoms. The van der Waals surface area contributed by atoms with Gasteiger partial charge in [0, 0.05) is 12.6 Å². The van der Waals surface area contributed by atoms with Crippen LogP contribution in [-0.2, 0) is 6.42 Å². The highest BCUT2D eigenvalue weighted by Crippen LogP contribution is 2.17. The lowest BCUT2D eigenvalue weighted by Crippen LogP contribution is -2.07. The zero-order valence-electron chi connectivity index (χ0n) is 8.36. The first-order valence-electron chi connectivity index (χ1n) is 4.56. The van der Waals surface area contributed by atoms with E-state index in [9.17, 15) is 13.2 Å². The van der Waals surface area contributed by atoms with Crippen molar-refractivity contribution < 1.29 is 13.2 Å². The van der Waals surface area contributed by atoms with Gasteiger partial charge in [-0.2, -0.15) is 0 Å². The first-order valence-corrected chi connectivity index (χ1v) is 4.56. The molecular formula is C11H12F3N. The van der Waals surface area contributed by atoms with Crippen LogP contribution < -0.4 is 5.73 Å². The van der Waals surface area contributed by atoms with Crippen LogP contribution in [0.15, 0.2) is 23.8 Å². The molecule has 0 aliphatic heterocycles. The van der Waals surface area contributed by atoms with Crippen LogP contribution in [0.25, 0.3) is 0 Å². The number of nitrogens with two attached hydrogens (primary N) is 1. The average molecular weight is 215 g/mol. The van der Waals surface area contributed by atoms with Gasteiger partial charge in [0.25, 0.3) is 0 Å². The summed E-state index contributed by atoms with van der Waals surface area (Å²) in [6, 6.07) is 1.51. The lowest BCUT2D eigenvalue weighted by atomic mass is 10.0. The predicted octanol–water partition coefficient (Wildman–Crippen LogP) is 2.55. The number of allylic oxidation sites excluding steroid dienone is 1. The van der Waals surface area contributed by atoms with Crippen LogP contribution in [0.1, 0.15) is 12.5 Å². The maximum atomic E-state index is 13.2. The summed E-state index contributed by atoms with van der Waals surface area (Å²) < 4.78 is 38.8. The molecule has 0 fully saturated rings. The summed E-state index contributed by atoms with van der Waals surface area (Å²) >= 11 is 0. The van der Waals surface area contributed by atoms with Gasteiger partial charge in [-0.05, 0) is 25.0 Å². The quantitative estimate of drug-likeness (QED) is 0.608. The van der Waals surface area contributed by atoms with Gasteiger partial charge in [0.15, 0.2) is 11.6 Å². The fourth-order valence-corrected chi connectivity index (χ4v) is 1.27. The van der Waals surface area contributed by atoms with Crippen molar-refractivity contribution in [3.05, 3.63) is 46.8 Å². The van der Waals surface area contributed by atoms with Gasteiger partial charge in [-0.25, -0.2) is 13.2 Å². The molecule has 4 heteroatoms. The highest BCUT2D eigenvalue weighted by Gasteiger charge is 2.11. The highest BCUT2D eigenvalue weighted by molar-refractivity contribution is 5.25. The van der Waals surface area contributed by atoms with E-state index in [0.717, 1.165) is 11.6 Å². The van der Waals surface area contributed by atoms with Crippen molar-refractivity contribution >= 4 is 0 Å². The van der Waals surface area contributed by atoms with E-state index < -0.39 is 17.5 Å². The number of halogens is 3. The molecule has 1 rings (SSSR count). The van der Waals surface area contributed by atoms with E-state index in [-0.39, 0.29) is 18.5 Å². The topological polar surface area (TPSA) is 26.0 Å². The van der Waals surface area contributed by atoms with Gasteiger partial charge in [-0.15, -0.1) is 0 Å². The molecule has 0 radical (unpaired) electrons. The normalized spacial score (nSPS) is 11.9. The van der Waals surface area contributed by atoms with Gasteiger partial charge in [-0.3, -0.25) is 0 Å². The van der Waals surface area contributed by atoms with Gasteiger partial charge in [0.05, 0.1) is 0 Å². The summed E-state index contributed by atoms with van der Waals surface area (Å²) in [4.78, 5) is 0. The zero-order valence-corrected chi connectivity index (χ0v) is 8.36. The fourth-order valence-electron chi connectivity index (χ4n) is 1.27. The summed E-state index contributed by atoms with van der Waals surface area (Å²) in [6.07, 6.45) is 1.84. The van der Waals surface area contributed by atoms with Gasteiger partial charge < -0.3 is 5.73 Å². The second-order valence-corrected chi connectivity index (χ2v) is 3.19. The summed E-state index contributed by atoms with van der Waals surface area (Å²) in [5.41, 5.74) is 6.11. The molecule has 15 heavy (non-hydrogen) atoms. The number of hydrogen-bond donors (Lipinski definition) is 1. The van der Waals surface area contributed by atoms with Crippen molar-refractivity contribution in [3.8, 4) is 0 Å². The molecule has 0 aliphatic rings. The first-order chi connectivity index (χ1) is 7.08. The summed E-state index contributed by atoms with van der Waals surface area (Å²) in [7, 11) is 0. The molecule has 0 saturated carbocycles. The number of benzene rings is 1. The molecule has 0 atom stereocenters. The van der Waals surface area contributed by atoms with E-state index in [0.29, 0.717) is 6.07 Å². The molecule has 1 aromatic carbocycles. The maximum absolute atomic E-state index is 13.2. The Hall–Kier alpha value is -1.29. The minimum absolute atomic E-state index is 0.00829. The Balaban J connectivity index is 3.04. The van der Waals surface area contributed by atoms with E-state index in [1.807, 2.05) is 0 Å². The minimum atomic E-state index is -1.17. The molecule has 1 nitrogen and oxygen atoms in total. The summed E-state index contributed by atoms with van der Waals surface area (Å²) in [5, 5.41) is 0. The second-order valence-electron chi connectivity index (χ2n) is 3.19. The molecule has 0 amide bonds. The molecule has 2 N–H and O–H groups in total. The van der Waals surface area contributed by atoms with Crippen LogP contribution in [0.5, 0.6) is 0 Å². The molecule has 0 spiro atoms. The molecule has 0 saturated heterocycles. The monoisotopic (exact) mass is 215 g/mol. The van der Waals surface area contributed by atoms with E-state index in [1.165, 1.54) is 0 Å². The summed E-state index contributed by atoms with van der Waals surface area (Å²) in [5.74, 6) is -2.96. The van der Waals surface area contributed by atoms with Crippen molar-refractivity contribution in [1.82, 2.24) is 0 Å². The van der Waals surface area contributed by atoms with Gasteiger partial charge in [0.2, 0.25) is 0 Å². The summed E-state index contributed by atoms with van der Waals surface area (Å²) in [6.45, 7) is 1.99. The molecule has 0 unspecified atom stereocenters. The van der Waals surface area contributed by atoms with Crippen molar-refractivity contribution in [3.63, 3.8) is 0 Å². The molecule has 1 aromatic rings. The van der Waals surface area contributed by atoms with Crippen molar-refractivity contribution in [2.24, 2.45) is 5.73 Å². The van der Waals surface area contributed by atoms with Crippen LogP contribution in [-0.4, -0.2) is 6.54 Å². The van der Waals surface area contributed by atoms with Crippen molar-refractivity contribution in [2.75, 3.05) is 6.54 Å². The first kappa shape index (κ1) is 11.8. The predicted molar refractivity (Wildman–Crippen MR) is 52.8 cm³/mol. The van der Waals surface area contributed by atoms with Crippen LogP contribution in [0, 0.1) is 17.5 Å². The van der Waals surface area contributed by atoms with E-state index in [4.69, 9.17) is 5.73 Å². The Kier molecular flexibility index (Phi) is 3.91. The number of hydrogen-bond acceptors (Lipinski definition) is 1. The lowest BCUT2D eigenvalue weighted by molar-refractivity contribution is 0.486. The van der Waals surface area contributed by atoms with Gasteiger partial charge in [-0.1, -0.05) is 11.6 Å². The largest absolute Gasteiger partial charge is 0.327 e. The molecule has 82 valence electrons. The fraction of sp³-hybridized carbons (Fsp3) is 0.273. The minimum Gasteiger partial charge on any atom is -0.327 e. The average Bonchev–Trinajstić information content (AvgIpc) is 2.21. The van der Waals surface area contributed by atoms with E-state index >= 15 is 0 Å². The van der Waals surface area contributed by atoms with Gasteiger partial charge in [0.1, 0.15) is 5.82 Å². The Morgan fingerprint density at radius 2 is 2.00 bits per heavy atom. The van der Waals surface area contributed by atoms with Crippen LogP contribution in [0.2, 0.25) is 0 Å². The van der Waals surface area contributed by atoms with E-state index in [1.54, 1.807) is 13.0 Å². The van der Waals surface area contributed by atoms with E-state index in [2.05, 4.69) is 0 Å². The molecular weight excluding hydrogens is 203 g/mol. The zero-order chi connectivity index (χ0) is 11.4. The second kappa shape index (κ2) is 4.98. The Morgan fingerprint density at radius 1 is 1.33 bits per heavy atom. The third kappa shape index (κ3) is 2.83. The SMILES string of the molecule is C/C=C(\CN)Cc1cc(F)cc(F)c1F. The van der Waals surface area contributed by atoms with Crippen LogP contribution >= 0.6 is 0 Å². The lowest BCUT2D eigenvalue weighted by Gasteiger charge is -2.06. The Morgan fingerprint density at radius 3 is 2.53 bits per heavy atom. The van der Waals surface area contributed by atoms with Crippen LogP contribution in [0.3, 0.4) is 0 Å². The number of rotatable bonds is 3. The standard InChI is InChI=1S/C11H12F3N/c1-2-7(6-15)3-8-4-9(12)5-10(13)11(8)14/h2,4-5H,3,6,15H2,1H3/b7-2-. The van der Waals surface area contributed by atoms with Crippen molar-refractivity contribution in [1.29, 1.82) is 0 Å². The molecule has 0 aromatic heterocycles. The maximum Gasteiger partial charge on any atom is 0.162 e. The smallest absolute Gasteiger partial charge is 0.162 e. The Bertz CT molecular complexity index is 386. The third-order valence-electron chi connectivity index (χ3n) is 2.16. The highest BCUT2D eigenvalue weighted by atomic mass is 19.2.